The Kier molecular flexibility index (Phi) is 8.39. The van der Waals surface area contributed by atoms with Crippen molar-refractivity contribution in [3.05, 3.63) is 45.3 Å². The van der Waals surface area contributed by atoms with Crippen molar-refractivity contribution in [2.24, 2.45) is 0 Å². The van der Waals surface area contributed by atoms with Crippen LogP contribution in [0.3, 0.4) is 0 Å². The molecule has 2 rings (SSSR count). The third-order valence-corrected chi connectivity index (χ3v) is 5.03. The van der Waals surface area contributed by atoms with Crippen molar-refractivity contribution in [1.29, 1.82) is 0 Å². The number of carbonyl (C=O) groups excluding carboxylic acids is 2. The first-order valence-electron chi connectivity index (χ1n) is 10.9. The largest absolute Gasteiger partial charge is 0.443 e. The fourth-order valence-corrected chi connectivity index (χ4v) is 3.59. The number of fused-ring (bicyclic) bond motifs is 1. The van der Waals surface area contributed by atoms with Crippen molar-refractivity contribution in [3.8, 4) is 0 Å². The van der Waals surface area contributed by atoms with Gasteiger partial charge in [-0.15, -0.1) is 0 Å². The number of hydrogen-bond acceptors (Lipinski definition) is 7. The number of imide groups is 1. The Bertz CT molecular complexity index is 1090. The first-order valence-corrected chi connectivity index (χ1v) is 11.3. The molecule has 2 amide bonds. The van der Waals surface area contributed by atoms with Gasteiger partial charge in [0.15, 0.2) is 0 Å². The number of pyridine rings is 1. The van der Waals surface area contributed by atoms with Gasteiger partial charge in [-0.2, -0.15) is 0 Å². The number of aliphatic hydroxyl groups excluding tert-OH is 2. The van der Waals surface area contributed by atoms with Gasteiger partial charge < -0.3 is 24.3 Å². The summed E-state index contributed by atoms with van der Waals surface area (Å²) in [6, 6.07) is 5.49. The zero-order valence-corrected chi connectivity index (χ0v) is 21.3. The molecule has 9 nitrogen and oxygen atoms in total. The summed E-state index contributed by atoms with van der Waals surface area (Å²) in [7, 11) is 0. The Labute approximate surface area is 203 Å². The summed E-state index contributed by atoms with van der Waals surface area (Å²) < 4.78 is 12.1. The van der Waals surface area contributed by atoms with Crippen LogP contribution in [0.1, 0.15) is 60.2 Å². The predicted molar refractivity (Wildman–Crippen MR) is 129 cm³/mol. The topological polar surface area (TPSA) is 118 Å². The SMILES string of the molecule is C[C@@H](c1cc2cccc(Cl)c2c(=O)n1CC(O)CO)N(C(=O)OC(C)(C)C)C(=O)OC(C)(C)C. The van der Waals surface area contributed by atoms with Crippen LogP contribution in [0.25, 0.3) is 10.8 Å². The Morgan fingerprint density at radius 1 is 1.09 bits per heavy atom. The third-order valence-electron chi connectivity index (χ3n) is 4.72. The summed E-state index contributed by atoms with van der Waals surface area (Å²) in [5.41, 5.74) is -2.11. The van der Waals surface area contributed by atoms with Crippen LogP contribution in [0, 0.1) is 0 Å². The third kappa shape index (κ3) is 6.71. The number of benzene rings is 1. The number of aromatic nitrogens is 1. The molecule has 0 saturated heterocycles. The number of ether oxygens (including phenoxy) is 2. The Morgan fingerprint density at radius 3 is 2.09 bits per heavy atom. The normalized spacial score (nSPS) is 13.9. The lowest BCUT2D eigenvalue weighted by molar-refractivity contribution is -0.00698. The molecule has 1 unspecified atom stereocenters. The number of hydrogen-bond donors (Lipinski definition) is 2. The monoisotopic (exact) mass is 496 g/mol. The van der Waals surface area contributed by atoms with E-state index in [4.69, 9.17) is 21.1 Å². The molecule has 0 saturated carbocycles. The van der Waals surface area contributed by atoms with Gasteiger partial charge in [0.2, 0.25) is 0 Å². The van der Waals surface area contributed by atoms with Gasteiger partial charge in [-0.3, -0.25) is 4.79 Å². The van der Waals surface area contributed by atoms with Crippen LogP contribution in [0.2, 0.25) is 5.02 Å². The van der Waals surface area contributed by atoms with E-state index in [2.05, 4.69) is 0 Å². The number of amides is 2. The second-order valence-corrected chi connectivity index (χ2v) is 10.4. The molecule has 2 aromatic rings. The van der Waals surface area contributed by atoms with Crippen LogP contribution in [-0.4, -0.2) is 55.8 Å². The molecule has 1 heterocycles. The summed E-state index contributed by atoms with van der Waals surface area (Å²) >= 11 is 6.26. The molecule has 0 radical (unpaired) electrons. The quantitative estimate of drug-likeness (QED) is 0.635. The van der Waals surface area contributed by atoms with Crippen molar-refractivity contribution < 1.29 is 29.3 Å². The molecule has 0 aliphatic rings. The zero-order chi connectivity index (χ0) is 26.0. The Morgan fingerprint density at radius 2 is 1.62 bits per heavy atom. The maximum Gasteiger partial charge on any atom is 0.420 e. The highest BCUT2D eigenvalue weighted by molar-refractivity contribution is 6.35. The van der Waals surface area contributed by atoms with E-state index in [1.54, 1.807) is 72.7 Å². The van der Waals surface area contributed by atoms with E-state index < -0.39 is 47.7 Å². The number of halogens is 1. The fourth-order valence-electron chi connectivity index (χ4n) is 3.32. The average molecular weight is 497 g/mol. The van der Waals surface area contributed by atoms with Crippen LogP contribution in [0.15, 0.2) is 29.1 Å². The van der Waals surface area contributed by atoms with E-state index in [1.807, 2.05) is 0 Å². The molecule has 0 spiro atoms. The highest BCUT2D eigenvalue weighted by Gasteiger charge is 2.37. The molecule has 1 aromatic carbocycles. The second-order valence-electron chi connectivity index (χ2n) is 10.0. The van der Waals surface area contributed by atoms with Crippen molar-refractivity contribution in [2.45, 2.75) is 78.4 Å². The smallest absolute Gasteiger partial charge is 0.420 e. The van der Waals surface area contributed by atoms with Gasteiger partial charge in [0.25, 0.3) is 5.56 Å². The van der Waals surface area contributed by atoms with E-state index in [0.717, 1.165) is 4.90 Å². The minimum atomic E-state index is -1.26. The van der Waals surface area contributed by atoms with E-state index in [1.165, 1.54) is 4.57 Å². The van der Waals surface area contributed by atoms with Crippen LogP contribution >= 0.6 is 11.6 Å². The van der Waals surface area contributed by atoms with Crippen LogP contribution in [0.5, 0.6) is 0 Å². The van der Waals surface area contributed by atoms with Crippen LogP contribution < -0.4 is 5.56 Å². The van der Waals surface area contributed by atoms with E-state index in [-0.39, 0.29) is 22.6 Å². The van der Waals surface area contributed by atoms with Crippen molar-refractivity contribution in [1.82, 2.24) is 9.47 Å². The van der Waals surface area contributed by atoms with Gasteiger partial charge in [-0.05, 0) is 66.0 Å². The fraction of sp³-hybridized carbons (Fsp3) is 0.542. The molecule has 10 heteroatoms. The molecule has 1 aromatic heterocycles. The summed E-state index contributed by atoms with van der Waals surface area (Å²) in [5.74, 6) is 0. The summed E-state index contributed by atoms with van der Waals surface area (Å²) in [6.07, 6.45) is -3.18. The van der Waals surface area contributed by atoms with Gasteiger partial charge in [0, 0.05) is 5.69 Å². The standard InChI is InChI=1S/C24H33ClN2O7/c1-14(27(21(31)33-23(2,3)4)22(32)34-24(5,6)7)18-11-15-9-8-10-17(25)19(15)20(30)26(18)12-16(29)13-28/h8-11,14,16,28-29H,12-13H2,1-7H3/t14-,16?/m0/s1. The number of aliphatic hydroxyl groups is 2. The number of carbonyl (C=O) groups is 2. The predicted octanol–water partition coefficient (Wildman–Crippen LogP) is 4.24. The Hall–Kier alpha value is -2.62. The summed E-state index contributed by atoms with van der Waals surface area (Å²) in [6.45, 7) is 10.6. The van der Waals surface area contributed by atoms with Gasteiger partial charge >= 0.3 is 12.2 Å². The lowest BCUT2D eigenvalue weighted by Crippen LogP contribution is -2.46. The minimum Gasteiger partial charge on any atom is -0.443 e. The van der Waals surface area contributed by atoms with E-state index in [9.17, 15) is 24.6 Å². The highest BCUT2D eigenvalue weighted by Crippen LogP contribution is 2.29. The second kappa shape index (κ2) is 10.3. The molecule has 2 atom stereocenters. The minimum absolute atomic E-state index is 0.213. The molecule has 2 N–H and O–H groups in total. The van der Waals surface area contributed by atoms with Gasteiger partial charge in [-0.1, -0.05) is 23.7 Å². The van der Waals surface area contributed by atoms with Crippen molar-refractivity contribution in [2.75, 3.05) is 6.61 Å². The zero-order valence-electron chi connectivity index (χ0n) is 20.6. The lowest BCUT2D eigenvalue weighted by Gasteiger charge is -2.33. The number of rotatable bonds is 5. The van der Waals surface area contributed by atoms with Crippen LogP contribution in [-0.2, 0) is 16.0 Å². The van der Waals surface area contributed by atoms with Gasteiger partial charge in [-0.25, -0.2) is 14.5 Å². The van der Waals surface area contributed by atoms with Gasteiger partial charge in [0.05, 0.1) is 35.7 Å². The molecule has 0 bridgehead atoms. The van der Waals surface area contributed by atoms with Crippen LogP contribution in [0.4, 0.5) is 9.59 Å². The van der Waals surface area contributed by atoms with Gasteiger partial charge in [0.1, 0.15) is 11.2 Å². The van der Waals surface area contributed by atoms with Crippen molar-refractivity contribution >= 4 is 34.6 Å². The molecule has 0 aliphatic heterocycles. The molecular formula is C24H33ClN2O7. The highest BCUT2D eigenvalue weighted by atomic mass is 35.5. The summed E-state index contributed by atoms with van der Waals surface area (Å²) in [4.78, 5) is 40.4. The first kappa shape index (κ1) is 27.6. The maximum atomic E-state index is 13.4. The summed E-state index contributed by atoms with van der Waals surface area (Å²) in [5, 5.41) is 20.4. The maximum absolute atomic E-state index is 13.4. The molecule has 0 aliphatic carbocycles. The van der Waals surface area contributed by atoms with Crippen molar-refractivity contribution in [3.63, 3.8) is 0 Å². The lowest BCUT2D eigenvalue weighted by atomic mass is 10.1. The molecule has 188 valence electrons. The average Bonchev–Trinajstić information content (AvgIpc) is 2.66. The van der Waals surface area contributed by atoms with E-state index >= 15 is 0 Å². The molecule has 34 heavy (non-hydrogen) atoms. The number of nitrogens with zero attached hydrogens (tertiary/aromatic N) is 2. The first-order chi connectivity index (χ1) is 15.6. The Balaban J connectivity index is 2.74. The molecule has 0 fully saturated rings. The molecular weight excluding hydrogens is 464 g/mol. The van der Waals surface area contributed by atoms with E-state index in [0.29, 0.717) is 5.39 Å².